The van der Waals surface area contributed by atoms with Gasteiger partial charge in [0.15, 0.2) is 4.80 Å². The van der Waals surface area contributed by atoms with Gasteiger partial charge in [-0.1, -0.05) is 66.5 Å². The lowest BCUT2D eigenvalue weighted by Crippen LogP contribution is -2.39. The lowest BCUT2D eigenvalue weighted by Gasteiger charge is -2.24. The van der Waals surface area contributed by atoms with Gasteiger partial charge in [0.1, 0.15) is 12.4 Å². The van der Waals surface area contributed by atoms with Gasteiger partial charge in [0.25, 0.3) is 5.56 Å². The molecule has 32 heavy (non-hydrogen) atoms. The fourth-order valence-electron chi connectivity index (χ4n) is 3.60. The fraction of sp³-hybridized carbons (Fsp3) is 0.160. The second kappa shape index (κ2) is 9.20. The zero-order chi connectivity index (χ0) is 22.7. The van der Waals surface area contributed by atoms with E-state index in [2.05, 4.69) is 11.6 Å². The van der Waals surface area contributed by atoms with Crippen LogP contribution in [0.4, 0.5) is 0 Å². The van der Waals surface area contributed by atoms with Gasteiger partial charge in [0, 0.05) is 0 Å². The lowest BCUT2D eigenvalue weighted by atomic mass is 9.96. The van der Waals surface area contributed by atoms with Gasteiger partial charge in [0.2, 0.25) is 0 Å². The Bertz CT molecular complexity index is 1370. The first-order chi connectivity index (χ1) is 15.5. The number of fused-ring (bicyclic) bond motifs is 1. The van der Waals surface area contributed by atoms with E-state index in [4.69, 9.17) is 9.47 Å². The van der Waals surface area contributed by atoms with E-state index in [1.807, 2.05) is 60.7 Å². The summed E-state index contributed by atoms with van der Waals surface area (Å²) in [5.74, 6) is 0.232. The predicted molar refractivity (Wildman–Crippen MR) is 124 cm³/mol. The summed E-state index contributed by atoms with van der Waals surface area (Å²) in [4.78, 5) is 31.5. The number of rotatable bonds is 6. The van der Waals surface area contributed by atoms with Gasteiger partial charge in [-0.3, -0.25) is 9.36 Å². The zero-order valence-corrected chi connectivity index (χ0v) is 18.6. The van der Waals surface area contributed by atoms with Crippen LogP contribution in [0.15, 0.2) is 88.3 Å². The third-order valence-corrected chi connectivity index (χ3v) is 6.09. The number of thiazole rings is 1. The van der Waals surface area contributed by atoms with Gasteiger partial charge in [-0.2, -0.15) is 0 Å². The van der Waals surface area contributed by atoms with Crippen molar-refractivity contribution in [2.24, 2.45) is 4.99 Å². The van der Waals surface area contributed by atoms with Crippen molar-refractivity contribution in [2.75, 3.05) is 13.7 Å². The van der Waals surface area contributed by atoms with Gasteiger partial charge < -0.3 is 9.47 Å². The third kappa shape index (κ3) is 4.07. The number of nitrogens with zero attached hydrogens (tertiary/aromatic N) is 2. The van der Waals surface area contributed by atoms with E-state index < -0.39 is 12.0 Å². The number of carbonyl (C=O) groups is 1. The Balaban J connectivity index is 1.89. The van der Waals surface area contributed by atoms with E-state index >= 15 is 0 Å². The molecule has 1 aliphatic rings. The number of hydrogen-bond acceptors (Lipinski definition) is 6. The summed E-state index contributed by atoms with van der Waals surface area (Å²) in [6.45, 7) is 5.44. The van der Waals surface area contributed by atoms with Crippen molar-refractivity contribution < 1.29 is 14.3 Å². The fourth-order valence-corrected chi connectivity index (χ4v) is 4.64. The molecule has 0 saturated carbocycles. The average molecular weight is 447 g/mol. The molecular formula is C25H22N2O4S. The summed E-state index contributed by atoms with van der Waals surface area (Å²) >= 11 is 1.30. The SMILES string of the molecule is C=CCOC(=O)C1=C(C)N=c2s/c(=C/c3ccc(OC)cc3)c(=O)n2[C@H]1c1ccccc1. The average Bonchev–Trinajstić information content (AvgIpc) is 3.12. The minimum Gasteiger partial charge on any atom is -0.497 e. The molecule has 0 radical (unpaired) electrons. The van der Waals surface area contributed by atoms with Crippen LogP contribution in [0.25, 0.3) is 6.08 Å². The van der Waals surface area contributed by atoms with Crippen molar-refractivity contribution >= 4 is 23.4 Å². The molecule has 1 atom stereocenters. The first-order valence-corrected chi connectivity index (χ1v) is 10.8. The van der Waals surface area contributed by atoms with E-state index in [0.29, 0.717) is 20.6 Å². The Hall–Kier alpha value is -3.71. The molecule has 6 nitrogen and oxygen atoms in total. The summed E-state index contributed by atoms with van der Waals surface area (Å²) in [6, 6.07) is 16.3. The van der Waals surface area contributed by atoms with E-state index in [1.165, 1.54) is 17.4 Å². The molecule has 2 aromatic carbocycles. The van der Waals surface area contributed by atoms with Gasteiger partial charge in [0.05, 0.1) is 29.0 Å². The molecule has 1 aliphatic heterocycles. The second-order valence-corrected chi connectivity index (χ2v) is 8.16. The smallest absolute Gasteiger partial charge is 0.338 e. The van der Waals surface area contributed by atoms with Crippen molar-refractivity contribution in [3.8, 4) is 5.75 Å². The van der Waals surface area contributed by atoms with Crippen molar-refractivity contribution in [3.63, 3.8) is 0 Å². The predicted octanol–water partition coefficient (Wildman–Crippen LogP) is 2.97. The molecule has 162 valence electrons. The molecule has 1 aromatic heterocycles. The molecule has 0 aliphatic carbocycles. The molecule has 2 heterocycles. The molecule has 0 saturated heterocycles. The number of ether oxygens (including phenoxy) is 2. The van der Waals surface area contributed by atoms with Crippen LogP contribution in [0, 0.1) is 0 Å². The highest BCUT2D eigenvalue weighted by molar-refractivity contribution is 7.07. The number of carbonyl (C=O) groups excluding carboxylic acids is 1. The Morgan fingerprint density at radius 2 is 1.91 bits per heavy atom. The Labute approximate surface area is 189 Å². The van der Waals surface area contributed by atoms with Crippen LogP contribution < -0.4 is 19.6 Å². The maximum Gasteiger partial charge on any atom is 0.338 e. The minimum absolute atomic E-state index is 0.0824. The maximum absolute atomic E-state index is 13.5. The van der Waals surface area contributed by atoms with Crippen molar-refractivity contribution in [2.45, 2.75) is 13.0 Å². The molecule has 0 amide bonds. The molecule has 7 heteroatoms. The number of hydrogen-bond donors (Lipinski definition) is 0. The van der Waals surface area contributed by atoms with Gasteiger partial charge in [-0.05, 0) is 36.3 Å². The Morgan fingerprint density at radius 1 is 1.19 bits per heavy atom. The van der Waals surface area contributed by atoms with E-state index in [9.17, 15) is 9.59 Å². The first kappa shape index (κ1) is 21.5. The molecule has 3 aromatic rings. The summed E-state index contributed by atoms with van der Waals surface area (Å²) in [6.07, 6.45) is 3.33. The molecule has 0 spiro atoms. The van der Waals surface area contributed by atoms with Crippen LogP contribution in [0.1, 0.15) is 24.1 Å². The largest absolute Gasteiger partial charge is 0.497 e. The lowest BCUT2D eigenvalue weighted by molar-refractivity contribution is -0.138. The van der Waals surface area contributed by atoms with Gasteiger partial charge >= 0.3 is 5.97 Å². The quantitative estimate of drug-likeness (QED) is 0.431. The normalized spacial score (nSPS) is 15.7. The Morgan fingerprint density at radius 3 is 2.56 bits per heavy atom. The van der Waals surface area contributed by atoms with E-state index in [0.717, 1.165) is 16.9 Å². The highest BCUT2D eigenvalue weighted by Gasteiger charge is 2.33. The molecule has 0 unspecified atom stereocenters. The monoisotopic (exact) mass is 446 g/mol. The molecule has 0 fully saturated rings. The van der Waals surface area contributed by atoms with Crippen LogP contribution >= 0.6 is 11.3 Å². The summed E-state index contributed by atoms with van der Waals surface area (Å²) in [5.41, 5.74) is 2.35. The molecular weight excluding hydrogens is 424 g/mol. The summed E-state index contributed by atoms with van der Waals surface area (Å²) in [7, 11) is 1.61. The van der Waals surface area contributed by atoms with Crippen LogP contribution in [-0.2, 0) is 9.53 Å². The Kier molecular flexibility index (Phi) is 6.18. The highest BCUT2D eigenvalue weighted by Crippen LogP contribution is 2.30. The number of aromatic nitrogens is 1. The van der Waals surface area contributed by atoms with Crippen molar-refractivity contribution in [1.29, 1.82) is 0 Å². The van der Waals surface area contributed by atoms with Crippen molar-refractivity contribution in [1.82, 2.24) is 4.57 Å². The minimum atomic E-state index is -0.622. The van der Waals surface area contributed by atoms with E-state index in [1.54, 1.807) is 18.6 Å². The summed E-state index contributed by atoms with van der Waals surface area (Å²) in [5, 5.41) is 0. The first-order valence-electron chi connectivity index (χ1n) is 10.0. The maximum atomic E-state index is 13.5. The van der Waals surface area contributed by atoms with Gasteiger partial charge in [-0.25, -0.2) is 9.79 Å². The molecule has 0 bridgehead atoms. The number of benzene rings is 2. The van der Waals surface area contributed by atoms with Crippen molar-refractivity contribution in [3.05, 3.63) is 109 Å². The van der Waals surface area contributed by atoms with Crippen LogP contribution in [0.2, 0.25) is 0 Å². The number of allylic oxidation sites excluding steroid dienone is 1. The third-order valence-electron chi connectivity index (χ3n) is 5.10. The van der Waals surface area contributed by atoms with Crippen LogP contribution in [0.5, 0.6) is 5.75 Å². The topological polar surface area (TPSA) is 69.9 Å². The number of esters is 1. The van der Waals surface area contributed by atoms with Crippen LogP contribution in [0.3, 0.4) is 0 Å². The highest BCUT2D eigenvalue weighted by atomic mass is 32.1. The summed E-state index contributed by atoms with van der Waals surface area (Å²) < 4.78 is 12.6. The zero-order valence-electron chi connectivity index (χ0n) is 17.8. The standard InChI is InChI=1S/C25H22N2O4S/c1-4-14-31-24(29)21-16(2)26-25-27(22(21)18-8-6-5-7-9-18)23(28)20(32-25)15-17-10-12-19(30-3)13-11-17/h4-13,15,22H,1,14H2,2-3H3/b20-15+/t22-/m0/s1. The van der Waals surface area contributed by atoms with E-state index in [-0.39, 0.29) is 12.2 Å². The molecule has 4 rings (SSSR count). The molecule has 0 N–H and O–H groups in total. The van der Waals surface area contributed by atoms with Crippen LogP contribution in [-0.4, -0.2) is 24.3 Å². The number of methoxy groups -OCH3 is 1. The second-order valence-electron chi connectivity index (χ2n) is 7.15. The van der Waals surface area contributed by atoms with Gasteiger partial charge in [-0.15, -0.1) is 0 Å².